The van der Waals surface area contributed by atoms with Gasteiger partial charge in [-0.3, -0.25) is 4.90 Å². The molecule has 0 aromatic carbocycles. The summed E-state index contributed by atoms with van der Waals surface area (Å²) in [6.45, 7) is 3.59. The molecule has 2 heterocycles. The monoisotopic (exact) mass is 227 g/mol. The van der Waals surface area contributed by atoms with Crippen molar-refractivity contribution < 1.29 is 8.78 Å². The number of aromatic nitrogens is 2. The molecule has 1 saturated carbocycles. The van der Waals surface area contributed by atoms with Gasteiger partial charge in [-0.15, -0.1) is 0 Å². The molecule has 2 unspecified atom stereocenters. The Morgan fingerprint density at radius 3 is 3.06 bits per heavy atom. The normalized spacial score (nSPS) is 37.1. The van der Waals surface area contributed by atoms with Gasteiger partial charge in [-0.1, -0.05) is 6.92 Å². The van der Waals surface area contributed by atoms with Gasteiger partial charge >= 0.3 is 0 Å². The molecule has 1 saturated heterocycles. The number of fused-ring (bicyclic) bond motifs is 1. The average molecular weight is 227 g/mol. The molecule has 0 amide bonds. The van der Waals surface area contributed by atoms with Crippen molar-refractivity contribution in [3.8, 4) is 0 Å². The molecule has 88 valence electrons. The van der Waals surface area contributed by atoms with E-state index in [2.05, 4.69) is 14.9 Å². The Morgan fingerprint density at radius 2 is 2.44 bits per heavy atom. The van der Waals surface area contributed by atoms with Crippen LogP contribution in [0.3, 0.4) is 0 Å². The summed E-state index contributed by atoms with van der Waals surface area (Å²) in [5, 5.41) is 0. The SMILES string of the molecule is CC12CCN(Cc3ncc[nH]3)CC1C2(F)F. The van der Waals surface area contributed by atoms with Gasteiger partial charge in [0.2, 0.25) is 0 Å². The van der Waals surface area contributed by atoms with Gasteiger partial charge in [0.15, 0.2) is 0 Å². The lowest BCUT2D eigenvalue weighted by atomic mass is 9.97. The topological polar surface area (TPSA) is 31.9 Å². The minimum Gasteiger partial charge on any atom is -0.348 e. The van der Waals surface area contributed by atoms with E-state index in [1.54, 1.807) is 19.3 Å². The third-order valence-electron chi connectivity index (χ3n) is 4.20. The number of halogens is 2. The zero-order valence-electron chi connectivity index (χ0n) is 9.21. The summed E-state index contributed by atoms with van der Waals surface area (Å²) in [6.07, 6.45) is 4.04. The molecule has 1 aliphatic carbocycles. The zero-order chi connectivity index (χ0) is 11.4. The summed E-state index contributed by atoms with van der Waals surface area (Å²) in [5.74, 6) is -2.05. The van der Waals surface area contributed by atoms with E-state index in [9.17, 15) is 8.78 Å². The number of likely N-dealkylation sites (tertiary alicyclic amines) is 1. The van der Waals surface area contributed by atoms with Crippen LogP contribution in [0.25, 0.3) is 0 Å². The first kappa shape index (κ1) is 10.2. The second-order valence-corrected chi connectivity index (χ2v) is 5.11. The predicted octanol–water partition coefficient (Wildman–Crippen LogP) is 1.89. The smallest absolute Gasteiger partial charge is 0.258 e. The highest BCUT2D eigenvalue weighted by atomic mass is 19.3. The number of rotatable bonds is 2. The van der Waals surface area contributed by atoms with Crippen LogP contribution in [0.5, 0.6) is 0 Å². The fourth-order valence-corrected chi connectivity index (χ4v) is 2.81. The maximum atomic E-state index is 13.5. The number of hydrogen-bond acceptors (Lipinski definition) is 2. The molecule has 5 heteroatoms. The van der Waals surface area contributed by atoms with Gasteiger partial charge < -0.3 is 4.98 Å². The molecule has 1 aromatic heterocycles. The molecule has 1 aliphatic heterocycles. The van der Waals surface area contributed by atoms with Crippen LogP contribution in [0.2, 0.25) is 0 Å². The maximum absolute atomic E-state index is 13.5. The fourth-order valence-electron chi connectivity index (χ4n) is 2.81. The third-order valence-corrected chi connectivity index (χ3v) is 4.20. The molecule has 2 aliphatic rings. The Bertz CT molecular complexity index is 390. The van der Waals surface area contributed by atoms with Gasteiger partial charge in [0.1, 0.15) is 5.82 Å². The van der Waals surface area contributed by atoms with E-state index in [4.69, 9.17) is 0 Å². The highest BCUT2D eigenvalue weighted by molar-refractivity contribution is 5.18. The lowest BCUT2D eigenvalue weighted by molar-refractivity contribution is 0.0636. The van der Waals surface area contributed by atoms with Crippen LogP contribution in [0.1, 0.15) is 19.2 Å². The lowest BCUT2D eigenvalue weighted by Crippen LogP contribution is -2.33. The van der Waals surface area contributed by atoms with Crippen molar-refractivity contribution in [3.63, 3.8) is 0 Å². The number of hydrogen-bond donors (Lipinski definition) is 1. The van der Waals surface area contributed by atoms with Crippen molar-refractivity contribution in [3.05, 3.63) is 18.2 Å². The molecule has 1 aromatic rings. The first-order valence-corrected chi connectivity index (χ1v) is 5.62. The fraction of sp³-hybridized carbons (Fsp3) is 0.727. The Balaban J connectivity index is 1.66. The molecular weight excluding hydrogens is 212 g/mol. The van der Waals surface area contributed by atoms with Crippen molar-refractivity contribution in [2.75, 3.05) is 13.1 Å². The summed E-state index contributed by atoms with van der Waals surface area (Å²) in [7, 11) is 0. The van der Waals surface area contributed by atoms with Gasteiger partial charge in [-0.2, -0.15) is 0 Å². The molecule has 3 rings (SSSR count). The van der Waals surface area contributed by atoms with E-state index in [0.717, 1.165) is 12.4 Å². The summed E-state index contributed by atoms with van der Waals surface area (Å²) in [4.78, 5) is 9.18. The van der Waals surface area contributed by atoms with Gasteiger partial charge in [0.25, 0.3) is 5.92 Å². The number of nitrogens with one attached hydrogen (secondary N) is 1. The molecule has 16 heavy (non-hydrogen) atoms. The van der Waals surface area contributed by atoms with Crippen LogP contribution >= 0.6 is 0 Å². The van der Waals surface area contributed by atoms with Crippen molar-refractivity contribution >= 4 is 0 Å². The molecule has 1 N–H and O–H groups in total. The predicted molar refractivity (Wildman–Crippen MR) is 55.0 cm³/mol. The van der Waals surface area contributed by atoms with Gasteiger partial charge in [0.05, 0.1) is 6.54 Å². The maximum Gasteiger partial charge on any atom is 0.258 e. The molecule has 2 atom stereocenters. The highest BCUT2D eigenvalue weighted by Gasteiger charge is 2.78. The first-order valence-electron chi connectivity index (χ1n) is 5.62. The van der Waals surface area contributed by atoms with Crippen molar-refractivity contribution in [2.45, 2.75) is 25.8 Å². The van der Waals surface area contributed by atoms with Gasteiger partial charge in [-0.25, -0.2) is 13.8 Å². The van der Waals surface area contributed by atoms with Crippen molar-refractivity contribution in [1.29, 1.82) is 0 Å². The first-order chi connectivity index (χ1) is 7.54. The van der Waals surface area contributed by atoms with Gasteiger partial charge in [0, 0.05) is 30.3 Å². The molecule has 0 bridgehead atoms. The number of alkyl halides is 2. The standard InChI is InChI=1S/C11H15F2N3/c1-10-2-5-16(6-8(10)11(10,12)13)7-9-14-3-4-15-9/h3-4,8H,2,5-7H2,1H3,(H,14,15). The van der Waals surface area contributed by atoms with Crippen LogP contribution in [-0.4, -0.2) is 33.9 Å². The Kier molecular flexibility index (Phi) is 1.93. The summed E-state index contributed by atoms with van der Waals surface area (Å²) in [6, 6.07) is 0. The number of imidazole rings is 1. The number of piperidine rings is 1. The van der Waals surface area contributed by atoms with Crippen LogP contribution in [0.15, 0.2) is 12.4 Å². The van der Waals surface area contributed by atoms with E-state index in [1.165, 1.54) is 0 Å². The summed E-state index contributed by atoms with van der Waals surface area (Å²) >= 11 is 0. The second kappa shape index (κ2) is 3.03. The van der Waals surface area contributed by atoms with Crippen LogP contribution in [0.4, 0.5) is 8.78 Å². The van der Waals surface area contributed by atoms with Crippen molar-refractivity contribution in [1.82, 2.24) is 14.9 Å². The molecular formula is C11H15F2N3. The highest BCUT2D eigenvalue weighted by Crippen LogP contribution is 2.69. The van der Waals surface area contributed by atoms with Crippen LogP contribution in [-0.2, 0) is 6.54 Å². The quantitative estimate of drug-likeness (QED) is 0.836. The Labute approximate surface area is 92.9 Å². The third kappa shape index (κ3) is 1.24. The van der Waals surface area contributed by atoms with E-state index < -0.39 is 17.3 Å². The largest absolute Gasteiger partial charge is 0.348 e. The Hall–Kier alpha value is -0.970. The minimum absolute atomic E-state index is 0.455. The molecule has 0 radical (unpaired) electrons. The van der Waals surface area contributed by atoms with E-state index >= 15 is 0 Å². The molecule has 0 spiro atoms. The average Bonchev–Trinajstić information content (AvgIpc) is 2.63. The van der Waals surface area contributed by atoms with Gasteiger partial charge in [-0.05, 0) is 13.0 Å². The minimum atomic E-state index is -2.45. The van der Waals surface area contributed by atoms with E-state index in [1.807, 2.05) is 0 Å². The Morgan fingerprint density at radius 1 is 1.62 bits per heavy atom. The van der Waals surface area contributed by atoms with E-state index in [0.29, 0.717) is 19.5 Å². The number of nitrogens with zero attached hydrogens (tertiary/aromatic N) is 2. The van der Waals surface area contributed by atoms with Crippen molar-refractivity contribution in [2.24, 2.45) is 11.3 Å². The summed E-state index contributed by atoms with van der Waals surface area (Å²) in [5.41, 5.74) is -0.729. The number of H-pyrrole nitrogens is 1. The molecule has 2 fully saturated rings. The van der Waals surface area contributed by atoms with E-state index in [-0.39, 0.29) is 0 Å². The number of aromatic amines is 1. The van der Waals surface area contributed by atoms with Crippen LogP contribution < -0.4 is 0 Å². The summed E-state index contributed by atoms with van der Waals surface area (Å²) < 4.78 is 27.0. The second-order valence-electron chi connectivity index (χ2n) is 5.11. The van der Waals surface area contributed by atoms with Crippen LogP contribution in [0, 0.1) is 11.3 Å². The zero-order valence-corrected chi connectivity index (χ0v) is 9.21. The molecule has 3 nitrogen and oxygen atoms in total. The lowest BCUT2D eigenvalue weighted by Gasteiger charge is -2.27.